The molecule has 2 atom stereocenters. The number of amides is 1. The molecule has 3 aromatic rings. The molecule has 2 fully saturated rings. The number of hydrogen-bond acceptors (Lipinski definition) is 5. The van der Waals surface area contributed by atoms with E-state index in [0.29, 0.717) is 0 Å². The highest BCUT2D eigenvalue weighted by atomic mass is 32.2. The Morgan fingerprint density at radius 3 is 2.36 bits per heavy atom. The van der Waals surface area contributed by atoms with Crippen LogP contribution in [0.15, 0.2) is 65.6 Å². The fourth-order valence-electron chi connectivity index (χ4n) is 5.77. The molecular weight excluding hydrogens is 470 g/mol. The van der Waals surface area contributed by atoms with E-state index in [1.807, 2.05) is 42.1 Å². The topological polar surface area (TPSA) is 48.0 Å². The van der Waals surface area contributed by atoms with E-state index in [4.69, 9.17) is 14.2 Å². The highest BCUT2D eigenvalue weighted by Crippen LogP contribution is 2.40. The first-order valence-corrected chi connectivity index (χ1v) is 13.7. The van der Waals surface area contributed by atoms with Gasteiger partial charge in [0.25, 0.3) is 5.91 Å². The van der Waals surface area contributed by atoms with Crippen LogP contribution in [0.5, 0.6) is 17.2 Å². The van der Waals surface area contributed by atoms with Gasteiger partial charge in [0.1, 0.15) is 11.9 Å². The third-order valence-corrected chi connectivity index (χ3v) is 8.97. The molecule has 0 spiro atoms. The van der Waals surface area contributed by atoms with Gasteiger partial charge in [-0.05, 0) is 67.6 Å². The first-order chi connectivity index (χ1) is 17.5. The molecule has 1 amide bonds. The van der Waals surface area contributed by atoms with E-state index in [2.05, 4.69) is 49.1 Å². The maximum absolute atomic E-state index is 13.5. The van der Waals surface area contributed by atoms with Crippen molar-refractivity contribution in [3.63, 3.8) is 0 Å². The van der Waals surface area contributed by atoms with E-state index in [0.717, 1.165) is 54.2 Å². The van der Waals surface area contributed by atoms with Gasteiger partial charge in [-0.1, -0.05) is 30.3 Å². The average Bonchev–Trinajstić information content (AvgIpc) is 3.45. The van der Waals surface area contributed by atoms with Crippen LogP contribution in [-0.4, -0.2) is 35.8 Å². The molecule has 0 N–H and O–H groups in total. The molecular formula is C30H31NO4S. The predicted octanol–water partition coefficient (Wildman–Crippen LogP) is 6.54. The summed E-state index contributed by atoms with van der Waals surface area (Å²) in [6.45, 7) is 4.58. The molecule has 0 saturated carbocycles. The summed E-state index contributed by atoms with van der Waals surface area (Å²) in [5, 5.41) is 0. The Morgan fingerprint density at radius 2 is 1.64 bits per heavy atom. The maximum atomic E-state index is 13.5. The summed E-state index contributed by atoms with van der Waals surface area (Å²) in [5.74, 6) is 3.35. The second-order valence-electron chi connectivity index (χ2n) is 10.0. The van der Waals surface area contributed by atoms with E-state index in [1.54, 1.807) is 0 Å². The van der Waals surface area contributed by atoms with E-state index in [-0.39, 0.29) is 30.9 Å². The van der Waals surface area contributed by atoms with Crippen molar-refractivity contribution in [2.24, 2.45) is 0 Å². The molecule has 186 valence electrons. The van der Waals surface area contributed by atoms with Gasteiger partial charge in [0.05, 0.1) is 0 Å². The molecule has 5 nitrogen and oxygen atoms in total. The van der Waals surface area contributed by atoms with Crippen LogP contribution in [0.2, 0.25) is 0 Å². The van der Waals surface area contributed by atoms with Crippen LogP contribution in [-0.2, 0) is 5.75 Å². The number of rotatable bonds is 6. The summed E-state index contributed by atoms with van der Waals surface area (Å²) < 4.78 is 17.2. The molecule has 2 bridgehead atoms. The van der Waals surface area contributed by atoms with E-state index < -0.39 is 0 Å². The van der Waals surface area contributed by atoms with Crippen molar-refractivity contribution in [1.29, 1.82) is 0 Å². The molecule has 2 unspecified atom stereocenters. The Balaban J connectivity index is 1.08. The number of carbonyl (C=O) groups is 1. The zero-order valence-electron chi connectivity index (χ0n) is 20.7. The van der Waals surface area contributed by atoms with Crippen molar-refractivity contribution in [1.82, 2.24) is 4.90 Å². The molecule has 3 aliphatic rings. The minimum Gasteiger partial charge on any atom is -0.490 e. The lowest BCUT2D eigenvalue weighted by molar-refractivity contribution is 0.0358. The van der Waals surface area contributed by atoms with Crippen LogP contribution in [0.3, 0.4) is 0 Å². The Labute approximate surface area is 216 Å². The van der Waals surface area contributed by atoms with Gasteiger partial charge >= 0.3 is 0 Å². The summed E-state index contributed by atoms with van der Waals surface area (Å²) in [6, 6.07) is 20.8. The molecule has 36 heavy (non-hydrogen) atoms. The van der Waals surface area contributed by atoms with E-state index in [9.17, 15) is 4.79 Å². The number of nitrogens with zero attached hydrogens (tertiary/aromatic N) is 1. The number of thioether (sulfide) groups is 1. The second-order valence-corrected chi connectivity index (χ2v) is 11.0. The Hall–Kier alpha value is -3.12. The van der Waals surface area contributed by atoms with Crippen molar-refractivity contribution in [2.75, 3.05) is 6.79 Å². The molecule has 0 aromatic heterocycles. The van der Waals surface area contributed by atoms with Crippen LogP contribution in [0.1, 0.15) is 52.7 Å². The van der Waals surface area contributed by atoms with Crippen LogP contribution < -0.4 is 14.2 Å². The van der Waals surface area contributed by atoms with Gasteiger partial charge in [-0.25, -0.2) is 0 Å². The summed E-state index contributed by atoms with van der Waals surface area (Å²) in [7, 11) is 0. The zero-order valence-corrected chi connectivity index (χ0v) is 21.6. The van der Waals surface area contributed by atoms with Gasteiger partial charge in [-0.2, -0.15) is 0 Å². The molecule has 6 rings (SSSR count). The average molecular weight is 502 g/mol. The minimum atomic E-state index is 0.108. The van der Waals surface area contributed by atoms with Gasteiger partial charge in [-0.3, -0.25) is 4.79 Å². The fraction of sp³-hybridized carbons (Fsp3) is 0.367. The Morgan fingerprint density at radius 1 is 0.944 bits per heavy atom. The predicted molar refractivity (Wildman–Crippen MR) is 141 cm³/mol. The van der Waals surface area contributed by atoms with Crippen LogP contribution >= 0.6 is 11.8 Å². The highest BCUT2D eigenvalue weighted by Gasteiger charge is 2.44. The van der Waals surface area contributed by atoms with Crippen molar-refractivity contribution < 1.29 is 19.0 Å². The normalized spacial score (nSPS) is 22.1. The Bertz CT molecular complexity index is 1240. The van der Waals surface area contributed by atoms with E-state index in [1.165, 1.54) is 21.6 Å². The van der Waals surface area contributed by atoms with Crippen molar-refractivity contribution >= 4 is 17.7 Å². The Kier molecular flexibility index (Phi) is 6.30. The van der Waals surface area contributed by atoms with Crippen LogP contribution in [0, 0.1) is 13.8 Å². The van der Waals surface area contributed by atoms with Gasteiger partial charge in [0.15, 0.2) is 11.5 Å². The lowest BCUT2D eigenvalue weighted by Crippen LogP contribution is -2.49. The lowest BCUT2D eigenvalue weighted by atomic mass is 9.98. The van der Waals surface area contributed by atoms with Crippen LogP contribution in [0.25, 0.3) is 0 Å². The summed E-state index contributed by atoms with van der Waals surface area (Å²) in [6.07, 6.45) is 3.92. The molecule has 3 aromatic carbocycles. The molecule has 0 aliphatic carbocycles. The van der Waals surface area contributed by atoms with Gasteiger partial charge in [0, 0.05) is 47.2 Å². The third-order valence-electron chi connectivity index (χ3n) is 7.56. The van der Waals surface area contributed by atoms with Crippen LogP contribution in [0.4, 0.5) is 0 Å². The van der Waals surface area contributed by atoms with Gasteiger partial charge < -0.3 is 19.1 Å². The molecule has 3 aliphatic heterocycles. The second kappa shape index (κ2) is 9.74. The lowest BCUT2D eigenvalue weighted by Gasteiger charge is -2.39. The number of hydrogen-bond donors (Lipinski definition) is 0. The summed E-state index contributed by atoms with van der Waals surface area (Å²) in [5.41, 5.74) is 4.64. The quantitative estimate of drug-likeness (QED) is 0.359. The number of piperidine rings is 1. The van der Waals surface area contributed by atoms with Crippen molar-refractivity contribution in [2.45, 2.75) is 68.4 Å². The smallest absolute Gasteiger partial charge is 0.254 e. The number of aryl methyl sites for hydroxylation is 2. The van der Waals surface area contributed by atoms with Crippen molar-refractivity contribution in [3.8, 4) is 17.2 Å². The largest absolute Gasteiger partial charge is 0.490 e. The molecule has 0 radical (unpaired) electrons. The first-order valence-electron chi connectivity index (χ1n) is 12.7. The van der Waals surface area contributed by atoms with E-state index >= 15 is 0 Å². The van der Waals surface area contributed by atoms with Gasteiger partial charge in [-0.15, -0.1) is 11.8 Å². The molecule has 3 heterocycles. The first kappa shape index (κ1) is 23.3. The maximum Gasteiger partial charge on any atom is 0.254 e. The monoisotopic (exact) mass is 501 g/mol. The highest BCUT2D eigenvalue weighted by molar-refractivity contribution is 7.98. The SMILES string of the molecule is Cc1cccc(C)c1SCc1ccc(C(=O)N2C3CCC2CC(Oc2ccc4c(c2)OCO4)C3)cc1. The molecule has 6 heteroatoms. The standard InChI is InChI=1S/C30H31NO4S/c1-19-4-3-5-20(2)29(19)36-17-21-6-8-22(9-7-21)30(32)31-23-10-11-24(31)15-26(14-23)35-25-12-13-27-28(16-25)34-18-33-27/h3-9,12-13,16,23-24,26H,10-11,14-15,17-18H2,1-2H3. The summed E-state index contributed by atoms with van der Waals surface area (Å²) in [4.78, 5) is 17.0. The number of benzene rings is 3. The molecule has 2 saturated heterocycles. The summed E-state index contributed by atoms with van der Waals surface area (Å²) >= 11 is 1.86. The minimum absolute atomic E-state index is 0.108. The number of carbonyl (C=O) groups excluding carboxylic acids is 1. The van der Waals surface area contributed by atoms with Crippen molar-refractivity contribution in [3.05, 3.63) is 82.9 Å². The number of ether oxygens (including phenoxy) is 3. The van der Waals surface area contributed by atoms with Gasteiger partial charge in [0.2, 0.25) is 6.79 Å². The number of fused-ring (bicyclic) bond motifs is 3. The zero-order chi connectivity index (χ0) is 24.6. The third kappa shape index (κ3) is 4.55. The fourth-order valence-corrected chi connectivity index (χ4v) is 6.87.